The van der Waals surface area contributed by atoms with Crippen molar-refractivity contribution < 1.29 is 13.2 Å². The van der Waals surface area contributed by atoms with Gasteiger partial charge in [0.1, 0.15) is 11.5 Å². The predicted octanol–water partition coefficient (Wildman–Crippen LogP) is 2.45. The van der Waals surface area contributed by atoms with Crippen molar-refractivity contribution in [1.82, 2.24) is 10.0 Å². The van der Waals surface area contributed by atoms with Gasteiger partial charge in [0, 0.05) is 24.4 Å². The van der Waals surface area contributed by atoms with E-state index in [-0.39, 0.29) is 28.6 Å². The van der Waals surface area contributed by atoms with Crippen LogP contribution in [0.5, 0.6) is 11.5 Å². The molecule has 1 saturated heterocycles. The van der Waals surface area contributed by atoms with Gasteiger partial charge in [-0.2, -0.15) is 12.6 Å². The molecule has 5 nitrogen and oxygen atoms in total. The maximum Gasteiger partial charge on any atom is 0.240 e. The molecule has 1 aliphatic rings. The smallest absolute Gasteiger partial charge is 0.240 e. The molecule has 0 spiro atoms. The van der Waals surface area contributed by atoms with E-state index in [0.717, 1.165) is 0 Å². The van der Waals surface area contributed by atoms with Gasteiger partial charge in [0.25, 0.3) is 0 Å². The van der Waals surface area contributed by atoms with Crippen LogP contribution >= 0.6 is 25.0 Å². The molecule has 2 aromatic rings. The van der Waals surface area contributed by atoms with Gasteiger partial charge in [0.15, 0.2) is 0 Å². The first-order chi connectivity index (χ1) is 11.0. The van der Waals surface area contributed by atoms with Crippen molar-refractivity contribution in [3.8, 4) is 11.5 Å². The standard InChI is InChI=1S/C16H18N2O3S2.ClH/c19-23(20,18-15-10-17-11-16(15)22)14-8-6-13(7-9-14)21-12-4-2-1-3-5-12;/h1-9,15-18,22H,10-11H2;1H/t15-,16-;/m0./s1. The predicted molar refractivity (Wildman–Crippen MR) is 100.0 cm³/mol. The number of thiol groups is 1. The van der Waals surface area contributed by atoms with Gasteiger partial charge in [-0.05, 0) is 36.4 Å². The average molecular weight is 387 g/mol. The molecule has 0 aromatic heterocycles. The van der Waals surface area contributed by atoms with Crippen LogP contribution in [-0.4, -0.2) is 32.8 Å². The third-order valence-electron chi connectivity index (χ3n) is 3.60. The van der Waals surface area contributed by atoms with Crippen LogP contribution in [0.25, 0.3) is 0 Å². The number of nitrogens with one attached hydrogen (secondary N) is 2. The SMILES string of the molecule is Cl.O=S(=O)(N[C@H]1CNC[C@@H]1S)c1ccc(Oc2ccccc2)cc1. The highest BCUT2D eigenvalue weighted by Gasteiger charge is 2.28. The molecule has 130 valence electrons. The van der Waals surface area contributed by atoms with Gasteiger partial charge < -0.3 is 10.1 Å². The molecule has 0 unspecified atom stereocenters. The lowest BCUT2D eigenvalue weighted by Gasteiger charge is -2.16. The summed E-state index contributed by atoms with van der Waals surface area (Å²) in [5.41, 5.74) is 0. The fourth-order valence-corrected chi connectivity index (χ4v) is 4.05. The molecule has 1 fully saturated rings. The van der Waals surface area contributed by atoms with E-state index < -0.39 is 10.0 Å². The topological polar surface area (TPSA) is 67.4 Å². The zero-order valence-corrected chi connectivity index (χ0v) is 15.3. The van der Waals surface area contributed by atoms with Gasteiger partial charge in [0.05, 0.1) is 4.90 Å². The van der Waals surface area contributed by atoms with Gasteiger partial charge in [-0.15, -0.1) is 12.4 Å². The van der Waals surface area contributed by atoms with E-state index in [9.17, 15) is 8.42 Å². The Bertz CT molecular complexity index is 755. The number of para-hydroxylation sites is 1. The summed E-state index contributed by atoms with van der Waals surface area (Å²) in [4.78, 5) is 0.213. The number of rotatable bonds is 5. The summed E-state index contributed by atoms with van der Waals surface area (Å²) >= 11 is 4.37. The van der Waals surface area contributed by atoms with Crippen molar-refractivity contribution in [3.05, 3.63) is 54.6 Å². The van der Waals surface area contributed by atoms with Crippen LogP contribution in [0.15, 0.2) is 59.5 Å². The summed E-state index contributed by atoms with van der Waals surface area (Å²) < 4.78 is 33.1. The van der Waals surface area contributed by atoms with Crippen LogP contribution in [0.2, 0.25) is 0 Å². The Morgan fingerprint density at radius 3 is 2.21 bits per heavy atom. The molecule has 0 aliphatic carbocycles. The molecule has 1 aliphatic heterocycles. The molecule has 24 heavy (non-hydrogen) atoms. The molecule has 2 atom stereocenters. The summed E-state index contributed by atoms with van der Waals surface area (Å²) in [5, 5.41) is 3.09. The molecule has 0 radical (unpaired) electrons. The molecule has 0 bridgehead atoms. The fourth-order valence-electron chi connectivity index (χ4n) is 2.36. The van der Waals surface area contributed by atoms with Crippen LogP contribution in [-0.2, 0) is 10.0 Å². The summed E-state index contributed by atoms with van der Waals surface area (Å²) in [6.07, 6.45) is 0. The quantitative estimate of drug-likeness (QED) is 0.690. The Balaban J connectivity index is 0.00000208. The normalized spacial score (nSPS) is 20.4. The largest absolute Gasteiger partial charge is 0.457 e. The van der Waals surface area contributed by atoms with E-state index in [0.29, 0.717) is 24.6 Å². The molecule has 8 heteroatoms. The monoisotopic (exact) mass is 386 g/mol. The maximum atomic E-state index is 12.4. The average Bonchev–Trinajstić information content (AvgIpc) is 2.93. The number of halogens is 1. The van der Waals surface area contributed by atoms with Crippen LogP contribution in [0.3, 0.4) is 0 Å². The van der Waals surface area contributed by atoms with Gasteiger partial charge in [-0.25, -0.2) is 13.1 Å². The number of benzene rings is 2. The van der Waals surface area contributed by atoms with E-state index in [1.807, 2.05) is 30.3 Å². The Kier molecular flexibility index (Phi) is 6.54. The highest BCUT2D eigenvalue weighted by atomic mass is 35.5. The van der Waals surface area contributed by atoms with Gasteiger partial charge in [-0.3, -0.25) is 0 Å². The first kappa shape index (κ1) is 19.1. The van der Waals surface area contributed by atoms with E-state index >= 15 is 0 Å². The summed E-state index contributed by atoms with van der Waals surface area (Å²) in [5.74, 6) is 1.29. The van der Waals surface area contributed by atoms with E-state index in [4.69, 9.17) is 4.74 Å². The van der Waals surface area contributed by atoms with Crippen LogP contribution in [0, 0.1) is 0 Å². The Hall–Kier alpha value is -1.25. The third-order valence-corrected chi connectivity index (χ3v) is 5.65. The van der Waals surface area contributed by atoms with Crippen molar-refractivity contribution in [3.63, 3.8) is 0 Å². The van der Waals surface area contributed by atoms with Crippen molar-refractivity contribution in [1.29, 1.82) is 0 Å². The van der Waals surface area contributed by atoms with Crippen molar-refractivity contribution >= 4 is 35.1 Å². The number of hydrogen-bond donors (Lipinski definition) is 3. The second-order valence-corrected chi connectivity index (χ2v) is 7.72. The molecule has 2 aromatic carbocycles. The third kappa shape index (κ3) is 4.64. The molecule has 0 saturated carbocycles. The summed E-state index contributed by atoms with van der Waals surface area (Å²) in [6, 6.07) is 15.5. The molecule has 1 heterocycles. The van der Waals surface area contributed by atoms with Gasteiger partial charge in [-0.1, -0.05) is 18.2 Å². The minimum absolute atomic E-state index is 0. The second kappa shape index (κ2) is 8.22. The Labute approximate surface area is 153 Å². The van der Waals surface area contributed by atoms with Crippen LogP contribution in [0.1, 0.15) is 0 Å². The van der Waals surface area contributed by atoms with Crippen LogP contribution in [0.4, 0.5) is 0 Å². The zero-order chi connectivity index (χ0) is 16.3. The highest BCUT2D eigenvalue weighted by molar-refractivity contribution is 7.89. The molecular formula is C16H19ClN2O3S2. The van der Waals surface area contributed by atoms with E-state index in [1.165, 1.54) is 12.1 Å². The summed E-state index contributed by atoms with van der Waals surface area (Å²) in [7, 11) is -3.56. The van der Waals surface area contributed by atoms with Crippen molar-refractivity contribution in [2.75, 3.05) is 13.1 Å². The number of ether oxygens (including phenoxy) is 1. The first-order valence-corrected chi connectivity index (χ1v) is 9.29. The fraction of sp³-hybridized carbons (Fsp3) is 0.250. The lowest BCUT2D eigenvalue weighted by molar-refractivity contribution is 0.482. The van der Waals surface area contributed by atoms with Crippen LogP contribution < -0.4 is 14.8 Å². The Morgan fingerprint density at radius 1 is 1.00 bits per heavy atom. The van der Waals surface area contributed by atoms with Gasteiger partial charge >= 0.3 is 0 Å². The number of sulfonamides is 1. The van der Waals surface area contributed by atoms with E-state index in [2.05, 4.69) is 22.7 Å². The van der Waals surface area contributed by atoms with Crippen molar-refractivity contribution in [2.24, 2.45) is 0 Å². The summed E-state index contributed by atoms with van der Waals surface area (Å²) in [6.45, 7) is 1.28. The number of hydrogen-bond acceptors (Lipinski definition) is 5. The highest BCUT2D eigenvalue weighted by Crippen LogP contribution is 2.23. The molecule has 3 rings (SSSR count). The molecule has 2 N–H and O–H groups in total. The minimum Gasteiger partial charge on any atom is -0.457 e. The zero-order valence-electron chi connectivity index (χ0n) is 12.8. The second-order valence-electron chi connectivity index (χ2n) is 5.34. The lowest BCUT2D eigenvalue weighted by atomic mass is 10.3. The molecule has 0 amide bonds. The van der Waals surface area contributed by atoms with E-state index in [1.54, 1.807) is 12.1 Å². The lowest BCUT2D eigenvalue weighted by Crippen LogP contribution is -2.40. The minimum atomic E-state index is -3.56. The van der Waals surface area contributed by atoms with Crippen molar-refractivity contribution in [2.45, 2.75) is 16.2 Å². The maximum absolute atomic E-state index is 12.4. The first-order valence-electron chi connectivity index (χ1n) is 7.29. The van der Waals surface area contributed by atoms with Gasteiger partial charge in [0.2, 0.25) is 10.0 Å². The Morgan fingerprint density at radius 2 is 1.62 bits per heavy atom. The molecular weight excluding hydrogens is 368 g/mol.